The standard InChI is InChI=1S/C25H30N6O3/c1-16(2)22(32)29(5)19-11-12-21-20(13-19)27-23(31(21)15-25(3,4)34)28-24(33)30(6)18-9-7-17(14-26)8-10-18/h7-13,16,34H,15H2,1-6H3,(H,27,28,33). The first-order chi connectivity index (χ1) is 15.9. The monoisotopic (exact) mass is 462 g/mol. The summed E-state index contributed by atoms with van der Waals surface area (Å²) in [5.41, 5.74) is 2.04. The van der Waals surface area contributed by atoms with Gasteiger partial charge in [0.25, 0.3) is 0 Å². The third-order valence-electron chi connectivity index (χ3n) is 5.40. The summed E-state index contributed by atoms with van der Waals surface area (Å²) in [5, 5.41) is 22.3. The molecule has 2 aromatic carbocycles. The molecule has 2 N–H and O–H groups in total. The van der Waals surface area contributed by atoms with Crippen LogP contribution in [0.15, 0.2) is 42.5 Å². The van der Waals surface area contributed by atoms with E-state index in [9.17, 15) is 14.7 Å². The van der Waals surface area contributed by atoms with E-state index >= 15 is 0 Å². The molecule has 0 bridgehead atoms. The van der Waals surface area contributed by atoms with E-state index in [1.54, 1.807) is 67.7 Å². The molecule has 3 aromatic rings. The Labute approximate surface area is 199 Å². The summed E-state index contributed by atoms with van der Waals surface area (Å²) < 4.78 is 1.74. The number of benzene rings is 2. The van der Waals surface area contributed by atoms with Crippen molar-refractivity contribution in [2.75, 3.05) is 29.2 Å². The van der Waals surface area contributed by atoms with Crippen LogP contribution in [-0.4, -0.2) is 46.3 Å². The van der Waals surface area contributed by atoms with Gasteiger partial charge in [-0.2, -0.15) is 5.26 Å². The van der Waals surface area contributed by atoms with Crippen LogP contribution < -0.4 is 15.1 Å². The molecule has 3 rings (SSSR count). The van der Waals surface area contributed by atoms with Crippen LogP contribution in [0.4, 0.5) is 22.1 Å². The lowest BCUT2D eigenvalue weighted by molar-refractivity contribution is -0.121. The largest absolute Gasteiger partial charge is 0.389 e. The maximum absolute atomic E-state index is 13.0. The number of nitriles is 1. The summed E-state index contributed by atoms with van der Waals surface area (Å²) in [6.07, 6.45) is 0. The zero-order valence-corrected chi connectivity index (χ0v) is 20.3. The van der Waals surface area contributed by atoms with Gasteiger partial charge < -0.3 is 14.6 Å². The molecule has 0 saturated heterocycles. The molecule has 0 aliphatic rings. The Hall–Kier alpha value is -3.90. The first-order valence-corrected chi connectivity index (χ1v) is 11.0. The van der Waals surface area contributed by atoms with Gasteiger partial charge in [-0.15, -0.1) is 0 Å². The molecule has 178 valence electrons. The van der Waals surface area contributed by atoms with Crippen LogP contribution in [-0.2, 0) is 11.3 Å². The van der Waals surface area contributed by atoms with Crippen LogP contribution in [0.3, 0.4) is 0 Å². The van der Waals surface area contributed by atoms with Crippen molar-refractivity contribution in [1.29, 1.82) is 5.26 Å². The second-order valence-electron chi connectivity index (χ2n) is 9.21. The van der Waals surface area contributed by atoms with E-state index in [0.29, 0.717) is 28.0 Å². The number of nitrogens with one attached hydrogen (secondary N) is 1. The van der Waals surface area contributed by atoms with Crippen LogP contribution in [0.5, 0.6) is 0 Å². The third-order valence-corrected chi connectivity index (χ3v) is 5.40. The van der Waals surface area contributed by atoms with E-state index in [2.05, 4.69) is 16.4 Å². The number of nitrogens with zero attached hydrogens (tertiary/aromatic N) is 5. The van der Waals surface area contributed by atoms with Crippen molar-refractivity contribution in [2.45, 2.75) is 39.8 Å². The summed E-state index contributed by atoms with van der Waals surface area (Å²) in [6, 6.07) is 13.7. The molecule has 9 nitrogen and oxygen atoms in total. The molecule has 0 saturated carbocycles. The molecule has 0 aliphatic heterocycles. The lowest BCUT2D eigenvalue weighted by atomic mass is 10.1. The van der Waals surface area contributed by atoms with Gasteiger partial charge >= 0.3 is 6.03 Å². The van der Waals surface area contributed by atoms with Crippen LogP contribution in [0, 0.1) is 17.2 Å². The fraction of sp³-hybridized carbons (Fsp3) is 0.360. The number of rotatable bonds is 6. The van der Waals surface area contributed by atoms with Gasteiger partial charge in [-0.1, -0.05) is 13.8 Å². The van der Waals surface area contributed by atoms with Gasteiger partial charge in [-0.25, -0.2) is 9.78 Å². The van der Waals surface area contributed by atoms with E-state index in [4.69, 9.17) is 5.26 Å². The predicted octanol–water partition coefficient (Wildman–Crippen LogP) is 3.97. The Morgan fingerprint density at radius 3 is 2.29 bits per heavy atom. The molecule has 9 heteroatoms. The van der Waals surface area contributed by atoms with Gasteiger partial charge in [0, 0.05) is 31.4 Å². The van der Waals surface area contributed by atoms with Crippen molar-refractivity contribution >= 4 is 40.3 Å². The molecule has 1 heterocycles. The smallest absolute Gasteiger partial charge is 0.328 e. The average Bonchev–Trinajstić information content (AvgIpc) is 3.11. The fourth-order valence-corrected chi connectivity index (χ4v) is 3.54. The number of fused-ring (bicyclic) bond motifs is 1. The van der Waals surface area contributed by atoms with E-state index in [1.165, 1.54) is 4.90 Å². The zero-order chi connectivity index (χ0) is 25.2. The van der Waals surface area contributed by atoms with Gasteiger partial charge in [-0.05, 0) is 56.3 Å². The third kappa shape index (κ3) is 5.35. The molecule has 0 radical (unpaired) electrons. The average molecular weight is 463 g/mol. The fourth-order valence-electron chi connectivity index (χ4n) is 3.54. The molecule has 3 amide bonds. The minimum Gasteiger partial charge on any atom is -0.389 e. The summed E-state index contributed by atoms with van der Waals surface area (Å²) in [5.74, 6) is 0.103. The maximum atomic E-state index is 13.0. The van der Waals surface area contributed by atoms with Gasteiger partial charge in [0.2, 0.25) is 11.9 Å². The molecular weight excluding hydrogens is 432 g/mol. The first-order valence-electron chi connectivity index (χ1n) is 11.0. The second kappa shape index (κ2) is 9.53. The summed E-state index contributed by atoms with van der Waals surface area (Å²) in [7, 11) is 3.33. The normalized spacial score (nSPS) is 11.4. The number of hydrogen-bond acceptors (Lipinski definition) is 5. The summed E-state index contributed by atoms with van der Waals surface area (Å²) in [4.78, 5) is 33.0. The lowest BCUT2D eigenvalue weighted by Crippen LogP contribution is -2.33. The van der Waals surface area contributed by atoms with E-state index in [0.717, 1.165) is 0 Å². The number of aliphatic hydroxyl groups is 1. The number of urea groups is 1. The van der Waals surface area contributed by atoms with Gasteiger partial charge in [0.1, 0.15) is 0 Å². The molecular formula is C25H30N6O3. The van der Waals surface area contributed by atoms with Crippen LogP contribution in [0.2, 0.25) is 0 Å². The van der Waals surface area contributed by atoms with Crippen molar-refractivity contribution < 1.29 is 14.7 Å². The van der Waals surface area contributed by atoms with Gasteiger partial charge in [0.05, 0.1) is 34.8 Å². The first kappa shape index (κ1) is 24.7. The van der Waals surface area contributed by atoms with E-state index < -0.39 is 11.6 Å². The molecule has 0 unspecified atom stereocenters. The maximum Gasteiger partial charge on any atom is 0.328 e. The SMILES string of the molecule is CC(C)C(=O)N(C)c1ccc2c(c1)nc(NC(=O)N(C)c1ccc(C#N)cc1)n2CC(C)(C)O. The second-order valence-corrected chi connectivity index (χ2v) is 9.21. The van der Waals surface area contributed by atoms with Crippen LogP contribution in [0.1, 0.15) is 33.3 Å². The molecule has 0 aliphatic carbocycles. The van der Waals surface area contributed by atoms with Crippen molar-refractivity contribution in [3.8, 4) is 6.07 Å². The van der Waals surface area contributed by atoms with Crippen LogP contribution in [0.25, 0.3) is 11.0 Å². The minimum atomic E-state index is -1.06. The van der Waals surface area contributed by atoms with Gasteiger partial charge in [0.15, 0.2) is 0 Å². The number of carbonyl (C=O) groups is 2. The number of amides is 3. The molecule has 34 heavy (non-hydrogen) atoms. The lowest BCUT2D eigenvalue weighted by Gasteiger charge is -2.22. The van der Waals surface area contributed by atoms with Crippen LogP contribution >= 0.6 is 0 Å². The Morgan fingerprint density at radius 1 is 1.12 bits per heavy atom. The molecule has 0 fully saturated rings. The van der Waals surface area contributed by atoms with Crippen molar-refractivity contribution in [2.24, 2.45) is 5.92 Å². The summed E-state index contributed by atoms with van der Waals surface area (Å²) in [6.45, 7) is 7.23. The van der Waals surface area contributed by atoms with E-state index in [-0.39, 0.29) is 24.3 Å². The zero-order valence-electron chi connectivity index (χ0n) is 20.3. The molecule has 0 spiro atoms. The number of anilines is 3. The van der Waals surface area contributed by atoms with Crippen molar-refractivity contribution in [3.63, 3.8) is 0 Å². The highest BCUT2D eigenvalue weighted by Crippen LogP contribution is 2.27. The topological polar surface area (TPSA) is 114 Å². The quantitative estimate of drug-likeness (QED) is 0.575. The van der Waals surface area contributed by atoms with Crippen molar-refractivity contribution in [1.82, 2.24) is 9.55 Å². The Morgan fingerprint density at radius 2 is 1.74 bits per heavy atom. The highest BCUT2D eigenvalue weighted by molar-refractivity contribution is 6.02. The Kier molecular flexibility index (Phi) is 6.93. The van der Waals surface area contributed by atoms with Crippen molar-refractivity contribution in [3.05, 3.63) is 48.0 Å². The summed E-state index contributed by atoms with van der Waals surface area (Å²) >= 11 is 0. The Balaban J connectivity index is 1.97. The molecule has 1 aromatic heterocycles. The highest BCUT2D eigenvalue weighted by atomic mass is 16.3. The van der Waals surface area contributed by atoms with Gasteiger partial charge in [-0.3, -0.25) is 15.0 Å². The number of hydrogen-bond donors (Lipinski definition) is 2. The highest BCUT2D eigenvalue weighted by Gasteiger charge is 2.23. The van der Waals surface area contributed by atoms with E-state index in [1.807, 2.05) is 26.0 Å². The number of imidazole rings is 1. The molecule has 0 atom stereocenters. The predicted molar refractivity (Wildman–Crippen MR) is 133 cm³/mol. The Bertz CT molecular complexity index is 1250. The minimum absolute atomic E-state index is 0.0205. The number of aromatic nitrogens is 2. The number of carbonyl (C=O) groups excluding carboxylic acids is 2.